The first-order valence-electron chi connectivity index (χ1n) is 8.95. The number of aliphatic hydroxyl groups excluding tert-OH is 1. The van der Waals surface area contributed by atoms with Gasteiger partial charge in [-0.15, -0.1) is 0 Å². The topological polar surface area (TPSA) is 66.8 Å². The molecule has 1 unspecified atom stereocenters. The summed E-state index contributed by atoms with van der Waals surface area (Å²) in [5.41, 5.74) is 2.31. The molecule has 1 heterocycles. The minimum absolute atomic E-state index is 0.00212. The van der Waals surface area contributed by atoms with E-state index in [2.05, 4.69) is 0 Å². The number of carbonyl (C=O) groups is 2. The van der Waals surface area contributed by atoms with Gasteiger partial charge in [-0.1, -0.05) is 29.8 Å². The summed E-state index contributed by atoms with van der Waals surface area (Å²) in [5, 5.41) is 10.9. The second-order valence-electron chi connectivity index (χ2n) is 6.86. The molecule has 0 radical (unpaired) electrons. The predicted molar refractivity (Wildman–Crippen MR) is 103 cm³/mol. The van der Waals surface area contributed by atoms with Gasteiger partial charge in [-0.3, -0.25) is 9.59 Å². The van der Waals surface area contributed by atoms with E-state index in [4.69, 9.17) is 4.74 Å². The van der Waals surface area contributed by atoms with Crippen LogP contribution in [0.25, 0.3) is 5.76 Å². The highest BCUT2D eigenvalue weighted by Gasteiger charge is 2.45. The van der Waals surface area contributed by atoms with Gasteiger partial charge in [0.25, 0.3) is 11.7 Å². The predicted octanol–water partition coefficient (Wildman–Crippen LogP) is 3.51. The molecule has 1 amide bonds. The van der Waals surface area contributed by atoms with Gasteiger partial charge < -0.3 is 14.7 Å². The molecule has 1 aliphatic rings. The monoisotopic (exact) mass is 383 g/mol. The summed E-state index contributed by atoms with van der Waals surface area (Å²) >= 11 is 0. The van der Waals surface area contributed by atoms with E-state index in [1.165, 1.54) is 30.2 Å². The molecule has 0 aliphatic carbocycles. The summed E-state index contributed by atoms with van der Waals surface area (Å²) in [6.07, 6.45) is 0. The lowest BCUT2D eigenvalue weighted by Crippen LogP contribution is -2.32. The summed E-state index contributed by atoms with van der Waals surface area (Å²) in [6, 6.07) is 10.8. The molecule has 6 heteroatoms. The van der Waals surface area contributed by atoms with Crippen molar-refractivity contribution in [2.24, 2.45) is 0 Å². The second kappa shape index (κ2) is 7.94. The van der Waals surface area contributed by atoms with Crippen molar-refractivity contribution in [1.29, 1.82) is 0 Å². The molecule has 1 saturated heterocycles. The minimum Gasteiger partial charge on any atom is -0.507 e. The fourth-order valence-corrected chi connectivity index (χ4v) is 3.43. The van der Waals surface area contributed by atoms with Crippen LogP contribution in [0.15, 0.2) is 48.0 Å². The molecule has 1 atom stereocenters. The lowest BCUT2D eigenvalue weighted by molar-refractivity contribution is -0.140. The zero-order valence-corrected chi connectivity index (χ0v) is 16.0. The second-order valence-corrected chi connectivity index (χ2v) is 6.86. The van der Waals surface area contributed by atoms with Gasteiger partial charge >= 0.3 is 0 Å². The molecule has 146 valence electrons. The molecule has 2 aromatic carbocycles. The van der Waals surface area contributed by atoms with Gasteiger partial charge in [0.05, 0.1) is 18.2 Å². The Balaban J connectivity index is 2.18. The lowest BCUT2D eigenvalue weighted by atomic mass is 9.94. The first kappa shape index (κ1) is 19.8. The zero-order chi connectivity index (χ0) is 20.4. The Labute approximate surface area is 163 Å². The summed E-state index contributed by atoms with van der Waals surface area (Å²) < 4.78 is 18.7. The third-order valence-corrected chi connectivity index (χ3v) is 4.87. The number of rotatable bonds is 5. The van der Waals surface area contributed by atoms with E-state index in [0.717, 1.165) is 11.1 Å². The number of halogens is 1. The summed E-state index contributed by atoms with van der Waals surface area (Å²) in [6.45, 7) is 3.94. The number of nitrogens with zero attached hydrogens (tertiary/aromatic N) is 1. The quantitative estimate of drug-likeness (QED) is 0.487. The smallest absolute Gasteiger partial charge is 0.295 e. The van der Waals surface area contributed by atoms with Crippen LogP contribution in [0.4, 0.5) is 4.39 Å². The van der Waals surface area contributed by atoms with Crippen LogP contribution in [-0.4, -0.2) is 42.0 Å². The summed E-state index contributed by atoms with van der Waals surface area (Å²) in [4.78, 5) is 26.9. The Kier molecular flexibility index (Phi) is 5.61. The Morgan fingerprint density at radius 2 is 1.93 bits per heavy atom. The maximum absolute atomic E-state index is 13.6. The van der Waals surface area contributed by atoms with E-state index < -0.39 is 23.5 Å². The van der Waals surface area contributed by atoms with Crippen LogP contribution in [0, 0.1) is 19.7 Å². The van der Waals surface area contributed by atoms with Crippen molar-refractivity contribution in [3.8, 4) is 0 Å². The van der Waals surface area contributed by atoms with Crippen LogP contribution >= 0.6 is 0 Å². The number of carbonyl (C=O) groups excluding carboxylic acids is 2. The van der Waals surface area contributed by atoms with Gasteiger partial charge in [0.1, 0.15) is 11.6 Å². The van der Waals surface area contributed by atoms with Crippen molar-refractivity contribution in [2.75, 3.05) is 20.3 Å². The Hall–Kier alpha value is -2.99. The standard InChI is InChI=1S/C22H22FNO4/c1-13-5-4-6-15(11-13)19-18(21(26)22(27)24(19)9-10-28-3)20(25)16-7-8-17(23)14(2)12-16/h4-8,11-12,19,25H,9-10H2,1-3H3/b20-18-. The molecule has 0 saturated carbocycles. The zero-order valence-electron chi connectivity index (χ0n) is 16.0. The van der Waals surface area contributed by atoms with Crippen LogP contribution < -0.4 is 0 Å². The number of amides is 1. The van der Waals surface area contributed by atoms with E-state index in [1.807, 2.05) is 31.2 Å². The van der Waals surface area contributed by atoms with Crippen molar-refractivity contribution in [3.05, 3.63) is 76.1 Å². The number of aliphatic hydroxyl groups is 1. The maximum atomic E-state index is 13.6. The van der Waals surface area contributed by atoms with Gasteiger partial charge in [0, 0.05) is 19.2 Å². The molecule has 5 nitrogen and oxygen atoms in total. The fourth-order valence-electron chi connectivity index (χ4n) is 3.43. The highest BCUT2D eigenvalue weighted by Crippen LogP contribution is 2.39. The fraction of sp³-hybridized carbons (Fsp3) is 0.273. The number of benzene rings is 2. The van der Waals surface area contributed by atoms with Crippen LogP contribution in [0.1, 0.15) is 28.3 Å². The van der Waals surface area contributed by atoms with Gasteiger partial charge in [-0.05, 0) is 43.2 Å². The van der Waals surface area contributed by atoms with Crippen molar-refractivity contribution in [3.63, 3.8) is 0 Å². The van der Waals surface area contributed by atoms with E-state index in [9.17, 15) is 19.1 Å². The highest BCUT2D eigenvalue weighted by molar-refractivity contribution is 6.46. The third-order valence-electron chi connectivity index (χ3n) is 4.87. The summed E-state index contributed by atoms with van der Waals surface area (Å²) in [5.74, 6) is -2.17. The molecule has 0 bridgehead atoms. The van der Waals surface area contributed by atoms with Crippen LogP contribution in [0.3, 0.4) is 0 Å². The minimum atomic E-state index is -0.762. The number of ketones is 1. The molecule has 0 spiro atoms. The van der Waals surface area contributed by atoms with Gasteiger partial charge in [-0.25, -0.2) is 4.39 Å². The van der Waals surface area contributed by atoms with Gasteiger partial charge in [-0.2, -0.15) is 0 Å². The lowest BCUT2D eigenvalue weighted by Gasteiger charge is -2.25. The molecule has 1 fully saturated rings. The number of hydrogen-bond donors (Lipinski definition) is 1. The SMILES string of the molecule is COCCN1C(=O)C(=O)/C(=C(\O)c2ccc(F)c(C)c2)C1c1cccc(C)c1. The number of likely N-dealkylation sites (tertiary alicyclic amines) is 1. The molecule has 28 heavy (non-hydrogen) atoms. The highest BCUT2D eigenvalue weighted by atomic mass is 19.1. The van der Waals surface area contributed by atoms with Crippen LogP contribution in [0.5, 0.6) is 0 Å². The maximum Gasteiger partial charge on any atom is 0.295 e. The molecule has 2 aromatic rings. The molecule has 0 aromatic heterocycles. The molecule has 1 aliphatic heterocycles. The van der Waals surface area contributed by atoms with Gasteiger partial charge in [0.2, 0.25) is 0 Å². The molecule has 3 rings (SSSR count). The third kappa shape index (κ3) is 3.55. The average Bonchev–Trinajstić information content (AvgIpc) is 2.92. The molecular weight excluding hydrogens is 361 g/mol. The van der Waals surface area contributed by atoms with E-state index >= 15 is 0 Å². The van der Waals surface area contributed by atoms with Crippen molar-refractivity contribution < 1.29 is 23.8 Å². The number of hydrogen-bond acceptors (Lipinski definition) is 4. The first-order valence-corrected chi connectivity index (χ1v) is 8.95. The van der Waals surface area contributed by atoms with E-state index in [0.29, 0.717) is 11.1 Å². The normalized spacial score (nSPS) is 18.7. The van der Waals surface area contributed by atoms with E-state index in [1.54, 1.807) is 6.92 Å². The first-order chi connectivity index (χ1) is 13.3. The summed E-state index contributed by atoms with van der Waals surface area (Å²) in [7, 11) is 1.51. The Morgan fingerprint density at radius 1 is 1.18 bits per heavy atom. The average molecular weight is 383 g/mol. The largest absolute Gasteiger partial charge is 0.507 e. The number of ether oxygens (including phenoxy) is 1. The van der Waals surface area contributed by atoms with E-state index in [-0.39, 0.29) is 24.5 Å². The molecule has 1 N–H and O–H groups in total. The Morgan fingerprint density at radius 3 is 2.57 bits per heavy atom. The van der Waals surface area contributed by atoms with Crippen LogP contribution in [0.2, 0.25) is 0 Å². The molecular formula is C22H22FNO4. The Bertz CT molecular complexity index is 967. The van der Waals surface area contributed by atoms with Crippen LogP contribution in [-0.2, 0) is 14.3 Å². The number of aryl methyl sites for hydroxylation is 2. The number of Topliss-reactive ketones (excluding diaryl/α,β-unsaturated/α-hetero) is 1. The van der Waals surface area contributed by atoms with Gasteiger partial charge in [0.15, 0.2) is 0 Å². The van der Waals surface area contributed by atoms with Crippen molar-refractivity contribution in [2.45, 2.75) is 19.9 Å². The van der Waals surface area contributed by atoms with Crippen molar-refractivity contribution in [1.82, 2.24) is 4.90 Å². The number of methoxy groups -OCH3 is 1. The van der Waals surface area contributed by atoms with Crippen molar-refractivity contribution >= 4 is 17.4 Å².